The molecule has 0 radical (unpaired) electrons. The van der Waals surface area contributed by atoms with Gasteiger partial charge >= 0.3 is 0 Å². The number of imidazole rings is 1. The van der Waals surface area contributed by atoms with E-state index in [0.29, 0.717) is 25.8 Å². The molecule has 1 aromatic rings. The van der Waals surface area contributed by atoms with Crippen molar-refractivity contribution >= 4 is 5.91 Å². The predicted molar refractivity (Wildman–Crippen MR) is 101 cm³/mol. The van der Waals surface area contributed by atoms with Crippen molar-refractivity contribution in [3.8, 4) is 12.3 Å². The summed E-state index contributed by atoms with van der Waals surface area (Å²) in [6, 6.07) is 0. The van der Waals surface area contributed by atoms with Gasteiger partial charge in [-0.25, -0.2) is 4.98 Å². The molecule has 1 unspecified atom stereocenters. The second-order valence-electron chi connectivity index (χ2n) is 8.46. The fourth-order valence-corrected chi connectivity index (χ4v) is 3.43. The minimum absolute atomic E-state index is 0.0438. The maximum Gasteiger partial charge on any atom is 0.220 e. The summed E-state index contributed by atoms with van der Waals surface area (Å²) >= 11 is 0. The van der Waals surface area contributed by atoms with E-state index in [-0.39, 0.29) is 22.9 Å². The summed E-state index contributed by atoms with van der Waals surface area (Å²) < 4.78 is 2.26. The van der Waals surface area contributed by atoms with Crippen molar-refractivity contribution in [1.82, 2.24) is 14.9 Å². The van der Waals surface area contributed by atoms with Gasteiger partial charge in [0.15, 0.2) is 5.66 Å². The Bertz CT molecular complexity index is 728. The highest BCUT2D eigenvalue weighted by Crippen LogP contribution is 2.37. The van der Waals surface area contributed by atoms with Crippen LogP contribution in [0.5, 0.6) is 0 Å². The lowest BCUT2D eigenvalue weighted by molar-refractivity contribution is -0.121. The van der Waals surface area contributed by atoms with Gasteiger partial charge in [0, 0.05) is 56.3 Å². The zero-order chi connectivity index (χ0) is 18.8. The fraction of sp³-hybridized carbons (Fsp3) is 0.700. The number of terminal acetylenes is 1. The third-order valence-corrected chi connectivity index (χ3v) is 5.24. The average molecular weight is 355 g/mol. The molecule has 3 rings (SSSR count). The molecule has 0 aromatic carbocycles. The fourth-order valence-electron chi connectivity index (χ4n) is 3.43. The summed E-state index contributed by atoms with van der Waals surface area (Å²) in [7, 11) is 0. The number of hydrogen-bond acceptors (Lipinski definition) is 4. The molecule has 1 aromatic heterocycles. The lowest BCUT2D eigenvalue weighted by Gasteiger charge is -2.23. The number of rotatable bonds is 7. The van der Waals surface area contributed by atoms with Crippen molar-refractivity contribution in [3.63, 3.8) is 0 Å². The Morgan fingerprint density at radius 1 is 1.42 bits per heavy atom. The van der Waals surface area contributed by atoms with Crippen LogP contribution in [-0.2, 0) is 16.8 Å². The largest absolute Gasteiger partial charge is 0.355 e. The number of nitrogens with one attached hydrogen (secondary N) is 1. The van der Waals surface area contributed by atoms with Crippen LogP contribution in [0.4, 0.5) is 0 Å². The first-order valence-electron chi connectivity index (χ1n) is 9.55. The Morgan fingerprint density at radius 3 is 2.85 bits per heavy atom. The summed E-state index contributed by atoms with van der Waals surface area (Å²) in [5, 5.41) is 11.3. The molecule has 0 spiro atoms. The van der Waals surface area contributed by atoms with E-state index in [9.17, 15) is 4.79 Å². The van der Waals surface area contributed by atoms with Crippen molar-refractivity contribution in [2.75, 3.05) is 6.54 Å². The van der Waals surface area contributed by atoms with Gasteiger partial charge in [-0.05, 0) is 12.8 Å². The van der Waals surface area contributed by atoms with Gasteiger partial charge in [-0.2, -0.15) is 10.2 Å². The number of nitrogens with zero attached hydrogens (tertiary/aromatic N) is 4. The Kier molecular flexibility index (Phi) is 5.17. The van der Waals surface area contributed by atoms with Gasteiger partial charge in [0.05, 0.1) is 5.69 Å². The quantitative estimate of drug-likeness (QED) is 0.760. The second-order valence-corrected chi connectivity index (χ2v) is 8.46. The molecule has 1 amide bonds. The van der Waals surface area contributed by atoms with Gasteiger partial charge in [0.25, 0.3) is 0 Å². The number of amides is 1. The monoisotopic (exact) mass is 355 g/mol. The van der Waals surface area contributed by atoms with Gasteiger partial charge in [0.2, 0.25) is 5.91 Å². The molecular formula is C20H29N5O. The van der Waals surface area contributed by atoms with Gasteiger partial charge in [-0.1, -0.05) is 20.8 Å². The van der Waals surface area contributed by atoms with Crippen LogP contribution in [-0.4, -0.2) is 27.7 Å². The molecule has 6 nitrogen and oxygen atoms in total. The second kappa shape index (κ2) is 7.22. The van der Waals surface area contributed by atoms with Crippen LogP contribution < -0.4 is 5.32 Å². The van der Waals surface area contributed by atoms with Crippen LogP contribution in [0.15, 0.2) is 16.4 Å². The van der Waals surface area contributed by atoms with Crippen LogP contribution in [0.25, 0.3) is 0 Å². The molecule has 3 heterocycles. The van der Waals surface area contributed by atoms with Gasteiger partial charge in [0.1, 0.15) is 5.82 Å². The molecule has 0 fully saturated rings. The Morgan fingerprint density at radius 2 is 2.19 bits per heavy atom. The zero-order valence-corrected chi connectivity index (χ0v) is 16.1. The average Bonchev–Trinajstić information content (AvgIpc) is 3.22. The zero-order valence-electron chi connectivity index (χ0n) is 16.1. The number of fused-ring (bicyclic) bond motifs is 1. The topological polar surface area (TPSA) is 71.6 Å². The first-order valence-corrected chi connectivity index (χ1v) is 9.55. The van der Waals surface area contributed by atoms with E-state index in [0.717, 1.165) is 37.3 Å². The lowest BCUT2D eigenvalue weighted by atomic mass is 9.93. The summed E-state index contributed by atoms with van der Waals surface area (Å²) in [5.41, 5.74) is 0.785. The maximum absolute atomic E-state index is 12.2. The third kappa shape index (κ3) is 4.32. The number of aromatic nitrogens is 2. The first kappa shape index (κ1) is 18.6. The molecule has 26 heavy (non-hydrogen) atoms. The molecule has 0 bridgehead atoms. The lowest BCUT2D eigenvalue weighted by Crippen LogP contribution is -2.32. The van der Waals surface area contributed by atoms with E-state index in [1.165, 1.54) is 0 Å². The van der Waals surface area contributed by atoms with Crippen LogP contribution in [0.1, 0.15) is 76.7 Å². The maximum atomic E-state index is 12.2. The summed E-state index contributed by atoms with van der Waals surface area (Å²) in [5.74, 6) is 4.07. The van der Waals surface area contributed by atoms with Gasteiger partial charge in [-0.3, -0.25) is 4.79 Å². The van der Waals surface area contributed by atoms with E-state index >= 15 is 0 Å². The van der Waals surface area contributed by atoms with E-state index < -0.39 is 0 Å². The molecule has 2 aliphatic heterocycles. The molecule has 2 aliphatic rings. The molecule has 6 heteroatoms. The summed E-state index contributed by atoms with van der Waals surface area (Å²) in [4.78, 5) is 17.1. The Hall–Kier alpha value is -2.16. The molecule has 1 atom stereocenters. The molecule has 140 valence electrons. The highest BCUT2D eigenvalue weighted by Gasteiger charge is 2.39. The molecule has 1 N–H and O–H groups in total. The van der Waals surface area contributed by atoms with E-state index in [1.54, 1.807) is 0 Å². The van der Waals surface area contributed by atoms with E-state index in [4.69, 9.17) is 11.4 Å². The highest BCUT2D eigenvalue weighted by molar-refractivity contribution is 5.76. The van der Waals surface area contributed by atoms with Crippen LogP contribution in [0, 0.1) is 12.3 Å². The van der Waals surface area contributed by atoms with Crippen molar-refractivity contribution in [2.45, 2.75) is 82.8 Å². The van der Waals surface area contributed by atoms with Crippen LogP contribution >= 0.6 is 0 Å². The molecule has 0 aliphatic carbocycles. The molecule has 0 saturated heterocycles. The first-order chi connectivity index (χ1) is 12.3. The van der Waals surface area contributed by atoms with E-state index in [2.05, 4.69) is 53.0 Å². The SMILES string of the molecule is C#CCCC1(CCC(=O)NCC2CCCn3cc(C(C)(C)C)nc32)N=N1. The minimum Gasteiger partial charge on any atom is -0.355 e. The third-order valence-electron chi connectivity index (χ3n) is 5.24. The molecule has 0 saturated carbocycles. The van der Waals surface area contributed by atoms with Crippen molar-refractivity contribution in [1.29, 1.82) is 0 Å². The van der Waals surface area contributed by atoms with Crippen molar-refractivity contribution in [2.24, 2.45) is 10.2 Å². The Labute approximate surface area is 155 Å². The number of aryl methyl sites for hydroxylation is 1. The minimum atomic E-state index is -0.383. The molecular weight excluding hydrogens is 326 g/mol. The smallest absolute Gasteiger partial charge is 0.220 e. The van der Waals surface area contributed by atoms with Crippen LogP contribution in [0.2, 0.25) is 0 Å². The predicted octanol–water partition coefficient (Wildman–Crippen LogP) is 3.53. The Balaban J connectivity index is 1.51. The highest BCUT2D eigenvalue weighted by atomic mass is 16.1. The summed E-state index contributed by atoms with van der Waals surface area (Å²) in [6.45, 7) is 8.21. The number of carbonyl (C=O) groups is 1. The van der Waals surface area contributed by atoms with E-state index in [1.807, 2.05) is 0 Å². The number of hydrogen-bond donors (Lipinski definition) is 1. The van der Waals surface area contributed by atoms with Crippen LogP contribution in [0.3, 0.4) is 0 Å². The van der Waals surface area contributed by atoms with Gasteiger partial charge in [-0.15, -0.1) is 12.3 Å². The number of carbonyl (C=O) groups excluding carboxylic acids is 1. The van der Waals surface area contributed by atoms with Crippen molar-refractivity contribution < 1.29 is 4.79 Å². The standard InChI is InChI=1S/C20H29N5O/c1-5-6-10-20(23-24-20)11-9-17(26)21-13-15-8-7-12-25-14-16(19(2,3)4)22-18(15)25/h1,14-15H,6-13H2,2-4H3,(H,21,26). The van der Waals surface area contributed by atoms with Crippen molar-refractivity contribution in [3.05, 3.63) is 17.7 Å². The summed E-state index contributed by atoms with van der Waals surface area (Å²) in [6.07, 6.45) is 12.1. The van der Waals surface area contributed by atoms with Gasteiger partial charge < -0.3 is 9.88 Å². The normalized spacial score (nSPS) is 20.3.